The fourth-order valence-corrected chi connectivity index (χ4v) is 7.37. The van der Waals surface area contributed by atoms with Crippen LogP contribution in [0.4, 0.5) is 0 Å². The van der Waals surface area contributed by atoms with Crippen LogP contribution in [0.1, 0.15) is 38.5 Å². The van der Waals surface area contributed by atoms with E-state index in [2.05, 4.69) is 7.05 Å². The van der Waals surface area contributed by atoms with Gasteiger partial charge in [0.05, 0.1) is 19.7 Å². The average molecular weight is 351 g/mol. The van der Waals surface area contributed by atoms with Crippen LogP contribution in [0.3, 0.4) is 0 Å². The van der Waals surface area contributed by atoms with E-state index in [9.17, 15) is 15.0 Å². The van der Waals surface area contributed by atoms with Gasteiger partial charge in [0.2, 0.25) is 0 Å². The minimum atomic E-state index is -1.10. The highest BCUT2D eigenvalue weighted by atomic mass is 16.7. The highest BCUT2D eigenvalue weighted by molar-refractivity contribution is 5.85. The number of likely N-dealkylation sites (tertiary alicyclic amines) is 1. The Balaban J connectivity index is 1.63. The van der Waals surface area contributed by atoms with Gasteiger partial charge in [-0.2, -0.15) is 0 Å². The number of Topliss-reactive ketones (excluding diaryl/α,β-unsaturated/α-hetero) is 1. The molecule has 25 heavy (non-hydrogen) atoms. The second kappa shape index (κ2) is 5.26. The van der Waals surface area contributed by atoms with E-state index < -0.39 is 24.1 Å². The van der Waals surface area contributed by atoms with Crippen LogP contribution >= 0.6 is 0 Å². The van der Waals surface area contributed by atoms with Crippen molar-refractivity contribution >= 4 is 5.78 Å². The largest absolute Gasteiger partial charge is 0.850 e. The molecule has 140 valence electrons. The number of likely N-dealkylation sites (N-methyl/N-ethyl adjacent to an activating group) is 1. The quantitative estimate of drug-likeness (QED) is 0.601. The number of hydrogen-bond donors (Lipinski definition) is 2. The van der Waals surface area contributed by atoms with Crippen LogP contribution in [0.15, 0.2) is 0 Å². The van der Waals surface area contributed by atoms with Crippen molar-refractivity contribution in [2.75, 3.05) is 20.7 Å². The third-order valence-electron chi connectivity index (χ3n) is 8.32. The van der Waals surface area contributed by atoms with Crippen LogP contribution in [0.25, 0.3) is 0 Å². The first-order valence-electron chi connectivity index (χ1n) is 9.83. The first-order chi connectivity index (χ1) is 11.9. The predicted octanol–water partition coefficient (Wildman–Crippen LogP) is -1.50. The van der Waals surface area contributed by atoms with E-state index in [1.165, 1.54) is 4.90 Å². The van der Waals surface area contributed by atoms with Gasteiger partial charge in [-0.1, -0.05) is 12.5 Å². The second-order valence-electron chi connectivity index (χ2n) is 9.34. The summed E-state index contributed by atoms with van der Waals surface area (Å²) in [6.07, 6.45) is 2.15. The fraction of sp³-hybridized carbons (Fsp3) is 0.947. The lowest BCUT2D eigenvalue weighted by Crippen LogP contribution is -3.17. The van der Waals surface area contributed by atoms with Gasteiger partial charge >= 0.3 is 0 Å². The van der Waals surface area contributed by atoms with Gasteiger partial charge in [-0.05, 0) is 36.5 Å². The van der Waals surface area contributed by atoms with E-state index in [0.29, 0.717) is 37.4 Å². The first kappa shape index (κ1) is 16.6. The van der Waals surface area contributed by atoms with E-state index >= 15 is 0 Å². The van der Waals surface area contributed by atoms with Crippen LogP contribution in [0, 0.1) is 23.2 Å². The maximum Gasteiger partial charge on any atom is 0.194 e. The summed E-state index contributed by atoms with van der Waals surface area (Å²) >= 11 is 0. The molecule has 0 amide bonds. The van der Waals surface area contributed by atoms with Crippen molar-refractivity contribution in [3.8, 4) is 0 Å². The van der Waals surface area contributed by atoms with Gasteiger partial charge < -0.3 is 24.6 Å². The maximum absolute atomic E-state index is 13.2. The normalized spacial score (nSPS) is 60.1. The number of carbonyl (C=O) groups is 1. The monoisotopic (exact) mass is 351 g/mol. The number of piperidine rings is 1. The molecule has 3 saturated carbocycles. The first-order valence-corrected chi connectivity index (χ1v) is 9.83. The lowest BCUT2D eigenvalue weighted by molar-refractivity contribution is -0.910. The van der Waals surface area contributed by atoms with Crippen molar-refractivity contribution in [2.45, 2.75) is 68.7 Å². The number of ether oxygens (including phenoxy) is 2. The minimum Gasteiger partial charge on any atom is -0.850 e. The van der Waals surface area contributed by atoms with Crippen LogP contribution in [0.2, 0.25) is 0 Å². The highest BCUT2D eigenvalue weighted by Crippen LogP contribution is 2.64. The average Bonchev–Trinajstić information content (AvgIpc) is 2.59. The molecule has 5 fully saturated rings. The van der Waals surface area contributed by atoms with Gasteiger partial charge in [-0.25, -0.2) is 0 Å². The van der Waals surface area contributed by atoms with Crippen molar-refractivity contribution in [2.24, 2.45) is 23.2 Å². The molecule has 2 saturated heterocycles. The Morgan fingerprint density at radius 3 is 2.96 bits per heavy atom. The number of hydrogen-bond acceptors (Lipinski definition) is 5. The third-order valence-corrected chi connectivity index (χ3v) is 8.32. The second-order valence-corrected chi connectivity index (χ2v) is 9.34. The number of quaternary nitrogens is 1. The lowest BCUT2D eigenvalue weighted by atomic mass is 9.45. The SMILES string of the molecule is CO[C@@]12C[C@]3(CC[C@@H]1O)CC(=O)C1C4C(CC[NH+]1C)CC([O-])C(O2)C43. The highest BCUT2D eigenvalue weighted by Gasteiger charge is 2.70. The summed E-state index contributed by atoms with van der Waals surface area (Å²) in [4.78, 5) is 14.5. The topological polar surface area (TPSA) is 83.3 Å². The van der Waals surface area contributed by atoms with E-state index in [1.807, 2.05) is 0 Å². The summed E-state index contributed by atoms with van der Waals surface area (Å²) in [5.41, 5.74) is -0.227. The van der Waals surface area contributed by atoms with Crippen molar-refractivity contribution in [3.05, 3.63) is 0 Å². The number of ketones is 1. The zero-order valence-corrected chi connectivity index (χ0v) is 15.1. The maximum atomic E-state index is 13.2. The number of carbonyl (C=O) groups excluding carboxylic acids is 1. The van der Waals surface area contributed by atoms with Crippen molar-refractivity contribution < 1.29 is 29.4 Å². The molecule has 5 aliphatic rings. The summed E-state index contributed by atoms with van der Waals surface area (Å²) in [6.45, 7) is 0.982. The van der Waals surface area contributed by atoms with Crippen LogP contribution < -0.4 is 10.0 Å². The standard InChI is InChI=1S/C19H28NO5/c1-20-6-4-10-7-11(21)17-15-14(10)16(20)12(22)8-18(15)5-3-13(23)19(9-18,24-2)25-17/h10-11,13-17,23H,3-9H2,1-2H3/q-1/p+1/t10?,11?,13-,14?,15?,16?,17?,18-,19+/m0/s1. The Morgan fingerprint density at radius 1 is 1.40 bits per heavy atom. The van der Waals surface area contributed by atoms with Gasteiger partial charge in [-0.15, -0.1) is 0 Å². The predicted molar refractivity (Wildman–Crippen MR) is 85.6 cm³/mol. The number of nitrogens with one attached hydrogen (secondary N) is 1. The molecule has 2 bridgehead atoms. The van der Waals surface area contributed by atoms with Gasteiger partial charge in [0, 0.05) is 25.9 Å². The van der Waals surface area contributed by atoms with Crippen molar-refractivity contribution in [1.82, 2.24) is 0 Å². The molecule has 0 aromatic rings. The Kier molecular flexibility index (Phi) is 3.50. The molecular formula is C19H29NO5. The Labute approximate surface area is 148 Å². The van der Waals surface area contributed by atoms with Crippen LogP contribution in [0.5, 0.6) is 0 Å². The Bertz CT molecular complexity index is 598. The number of fused-ring (bicyclic) bond motifs is 1. The smallest absolute Gasteiger partial charge is 0.194 e. The van der Waals surface area contributed by atoms with Crippen LogP contribution in [-0.4, -0.2) is 61.7 Å². The minimum absolute atomic E-state index is 0.0230. The Morgan fingerprint density at radius 2 is 2.20 bits per heavy atom. The summed E-state index contributed by atoms with van der Waals surface area (Å²) in [5, 5.41) is 23.6. The third kappa shape index (κ3) is 2.00. The molecule has 6 heteroatoms. The number of rotatable bonds is 1. The summed E-state index contributed by atoms with van der Waals surface area (Å²) in [5.74, 6) is 0.00631. The molecule has 3 aliphatic carbocycles. The van der Waals surface area contributed by atoms with Gasteiger partial charge in [0.15, 0.2) is 11.6 Å². The zero-order chi connectivity index (χ0) is 17.6. The van der Waals surface area contributed by atoms with E-state index in [0.717, 1.165) is 19.4 Å². The molecule has 0 radical (unpaired) electrons. The summed E-state index contributed by atoms with van der Waals surface area (Å²) in [6, 6.07) is 0.0230. The molecule has 7 unspecified atom stereocenters. The Hall–Kier alpha value is -0.530. The molecule has 0 aromatic carbocycles. The molecule has 5 rings (SSSR count). The molecule has 2 heterocycles. The molecule has 1 spiro atoms. The summed E-state index contributed by atoms with van der Waals surface area (Å²) < 4.78 is 12.0. The van der Waals surface area contributed by atoms with E-state index in [-0.39, 0.29) is 23.3 Å². The van der Waals surface area contributed by atoms with E-state index in [4.69, 9.17) is 9.47 Å². The van der Waals surface area contributed by atoms with Crippen molar-refractivity contribution in [1.29, 1.82) is 0 Å². The molecule has 0 aromatic heterocycles. The fourth-order valence-electron chi connectivity index (χ4n) is 7.37. The zero-order valence-electron chi connectivity index (χ0n) is 15.1. The lowest BCUT2D eigenvalue weighted by Gasteiger charge is -2.69. The van der Waals surface area contributed by atoms with Gasteiger partial charge in [0.25, 0.3) is 0 Å². The molecule has 2 aliphatic heterocycles. The number of methoxy groups -OCH3 is 1. The number of aliphatic hydroxyl groups is 1. The van der Waals surface area contributed by atoms with Gasteiger partial charge in [0.1, 0.15) is 12.1 Å². The molecule has 10 atom stereocenters. The molecule has 6 nitrogen and oxygen atoms in total. The molecular weight excluding hydrogens is 322 g/mol. The molecule has 2 N–H and O–H groups in total. The van der Waals surface area contributed by atoms with Gasteiger partial charge in [-0.3, -0.25) is 4.79 Å². The summed E-state index contributed by atoms with van der Waals surface area (Å²) in [7, 11) is 3.68. The number of aliphatic hydroxyl groups excluding tert-OH is 1. The van der Waals surface area contributed by atoms with Crippen molar-refractivity contribution in [3.63, 3.8) is 0 Å². The van der Waals surface area contributed by atoms with Crippen LogP contribution in [-0.2, 0) is 14.3 Å². The van der Waals surface area contributed by atoms with E-state index in [1.54, 1.807) is 7.11 Å².